The van der Waals surface area contributed by atoms with Crippen molar-refractivity contribution < 1.29 is 14.4 Å². The maximum Gasteiger partial charge on any atom is 0.251 e. The van der Waals surface area contributed by atoms with E-state index in [1.807, 2.05) is 30.3 Å². The summed E-state index contributed by atoms with van der Waals surface area (Å²) in [6, 6.07) is 14.2. The van der Waals surface area contributed by atoms with Gasteiger partial charge in [0.2, 0.25) is 5.91 Å². The lowest BCUT2D eigenvalue weighted by molar-refractivity contribution is -0.136. The van der Waals surface area contributed by atoms with Crippen LogP contribution in [0, 0.1) is 0 Å². The van der Waals surface area contributed by atoms with Crippen molar-refractivity contribution in [3.63, 3.8) is 0 Å². The molecule has 0 N–H and O–H groups in total. The molecule has 1 aromatic heterocycles. The number of carbonyl (C=O) groups excluding carboxylic acids is 3. The molecule has 0 unspecified atom stereocenters. The van der Waals surface area contributed by atoms with E-state index in [2.05, 4.69) is 22.8 Å². The number of hydrogen-bond donors (Lipinski definition) is 0. The van der Waals surface area contributed by atoms with Crippen LogP contribution in [0.4, 0.5) is 0 Å². The van der Waals surface area contributed by atoms with Crippen molar-refractivity contribution in [1.29, 1.82) is 0 Å². The summed E-state index contributed by atoms with van der Waals surface area (Å²) in [5.41, 5.74) is 6.84. The van der Waals surface area contributed by atoms with E-state index in [0.29, 0.717) is 23.6 Å². The molecular weight excluding hydrogens is 450 g/mol. The Balaban J connectivity index is 1.70. The van der Waals surface area contributed by atoms with Crippen molar-refractivity contribution >= 4 is 35.1 Å². The van der Waals surface area contributed by atoms with Gasteiger partial charge in [-0.1, -0.05) is 55.7 Å². The van der Waals surface area contributed by atoms with Crippen molar-refractivity contribution in [2.45, 2.75) is 44.6 Å². The Morgan fingerprint density at radius 2 is 1.78 bits per heavy atom. The first-order chi connectivity index (χ1) is 17.4. The average Bonchev–Trinajstić information content (AvgIpc) is 3.10. The second-order valence-corrected chi connectivity index (χ2v) is 10.3. The second kappa shape index (κ2) is 9.76. The number of hydrogen-bond acceptors (Lipinski definition) is 3. The largest absolute Gasteiger partial charge is 0.347 e. The average molecular weight is 484 g/mol. The molecule has 2 aromatic carbocycles. The first-order valence-corrected chi connectivity index (χ1v) is 12.8. The molecule has 0 bridgehead atoms. The molecule has 3 aromatic rings. The van der Waals surface area contributed by atoms with Gasteiger partial charge in [-0.2, -0.15) is 0 Å². The monoisotopic (exact) mass is 483 g/mol. The van der Waals surface area contributed by atoms with Crippen LogP contribution in [0.25, 0.3) is 28.2 Å². The summed E-state index contributed by atoms with van der Waals surface area (Å²) in [4.78, 5) is 40.6. The predicted molar refractivity (Wildman–Crippen MR) is 143 cm³/mol. The summed E-state index contributed by atoms with van der Waals surface area (Å²) in [6.07, 6.45) is 8.87. The molecule has 1 fully saturated rings. The molecular formula is C30H33N3O3. The Kier molecular flexibility index (Phi) is 6.52. The Labute approximate surface area is 212 Å². The summed E-state index contributed by atoms with van der Waals surface area (Å²) in [6.45, 7) is 0.404. The van der Waals surface area contributed by atoms with E-state index in [1.54, 1.807) is 21.1 Å². The molecule has 0 radical (unpaired) electrons. The van der Waals surface area contributed by atoms with Crippen molar-refractivity contribution in [2.24, 2.45) is 0 Å². The Bertz CT molecular complexity index is 1380. The highest BCUT2D eigenvalue weighted by atomic mass is 16.2. The van der Waals surface area contributed by atoms with E-state index in [0.717, 1.165) is 41.5 Å². The van der Waals surface area contributed by atoms with Crippen LogP contribution in [-0.2, 0) is 16.1 Å². The van der Waals surface area contributed by atoms with Gasteiger partial charge in [0, 0.05) is 48.7 Å². The molecule has 0 saturated heterocycles. The van der Waals surface area contributed by atoms with Gasteiger partial charge in [0.1, 0.15) is 6.29 Å². The first-order valence-electron chi connectivity index (χ1n) is 12.8. The lowest BCUT2D eigenvalue weighted by Crippen LogP contribution is -2.38. The van der Waals surface area contributed by atoms with Gasteiger partial charge in [0.05, 0.1) is 18.8 Å². The van der Waals surface area contributed by atoms with E-state index >= 15 is 0 Å². The molecule has 36 heavy (non-hydrogen) atoms. The van der Waals surface area contributed by atoms with E-state index in [-0.39, 0.29) is 18.4 Å². The molecule has 5 rings (SSSR count). The van der Waals surface area contributed by atoms with E-state index in [1.165, 1.54) is 40.0 Å². The molecule has 1 aliphatic heterocycles. The summed E-state index contributed by atoms with van der Waals surface area (Å²) < 4.78 is 2.23. The van der Waals surface area contributed by atoms with Crippen LogP contribution in [-0.4, -0.2) is 60.2 Å². The van der Waals surface area contributed by atoms with Gasteiger partial charge in [0.25, 0.3) is 5.91 Å². The molecule has 2 amide bonds. The van der Waals surface area contributed by atoms with Crippen molar-refractivity contribution in [3.05, 3.63) is 64.7 Å². The molecule has 2 heterocycles. The van der Waals surface area contributed by atoms with Crippen molar-refractivity contribution in [3.8, 4) is 11.3 Å². The molecule has 186 valence electrons. The zero-order valence-electron chi connectivity index (χ0n) is 21.3. The van der Waals surface area contributed by atoms with Gasteiger partial charge < -0.3 is 14.4 Å². The molecule has 1 aliphatic carbocycles. The number of rotatable bonds is 5. The highest BCUT2D eigenvalue weighted by Gasteiger charge is 2.30. The van der Waals surface area contributed by atoms with Crippen LogP contribution in [0.3, 0.4) is 0 Å². The van der Waals surface area contributed by atoms with Crippen LogP contribution in [0.2, 0.25) is 0 Å². The summed E-state index contributed by atoms with van der Waals surface area (Å²) in [5, 5.41) is 1.17. The van der Waals surface area contributed by atoms with Crippen molar-refractivity contribution in [1.82, 2.24) is 14.4 Å². The lowest BCUT2D eigenvalue weighted by Gasteiger charge is -2.24. The number of aromatic nitrogens is 1. The molecule has 6 heteroatoms. The van der Waals surface area contributed by atoms with Gasteiger partial charge in [-0.25, -0.2) is 0 Å². The fourth-order valence-electron chi connectivity index (χ4n) is 5.76. The van der Waals surface area contributed by atoms with E-state index < -0.39 is 0 Å². The minimum absolute atomic E-state index is 0.0206. The Hall–Kier alpha value is -3.67. The van der Waals surface area contributed by atoms with Gasteiger partial charge in [-0.15, -0.1) is 0 Å². The maximum absolute atomic E-state index is 13.6. The zero-order valence-corrected chi connectivity index (χ0v) is 21.3. The SMILES string of the molecule is CN(C)C(=O)CN(C)C(=O)C1=Cc2ccccc2-c2c(C3CCCCC3)c3ccc(C=O)cc3n2C1. The van der Waals surface area contributed by atoms with Gasteiger partial charge in [0.15, 0.2) is 0 Å². The van der Waals surface area contributed by atoms with Gasteiger partial charge in [-0.05, 0) is 42.0 Å². The molecule has 1 saturated carbocycles. The Morgan fingerprint density at radius 1 is 1.03 bits per heavy atom. The number of amides is 2. The lowest BCUT2D eigenvalue weighted by atomic mass is 9.81. The third kappa shape index (κ3) is 4.25. The molecule has 0 atom stereocenters. The van der Waals surface area contributed by atoms with Crippen LogP contribution < -0.4 is 0 Å². The third-order valence-electron chi connectivity index (χ3n) is 7.64. The Morgan fingerprint density at radius 3 is 2.50 bits per heavy atom. The minimum atomic E-state index is -0.166. The normalized spacial score (nSPS) is 15.5. The molecule has 6 nitrogen and oxygen atoms in total. The fourth-order valence-corrected chi connectivity index (χ4v) is 5.76. The van der Waals surface area contributed by atoms with Gasteiger partial charge >= 0.3 is 0 Å². The smallest absolute Gasteiger partial charge is 0.251 e. The van der Waals surface area contributed by atoms with Crippen LogP contribution in [0.15, 0.2) is 48.0 Å². The predicted octanol–water partition coefficient (Wildman–Crippen LogP) is 5.11. The van der Waals surface area contributed by atoms with E-state index in [9.17, 15) is 14.4 Å². The number of benzene rings is 2. The van der Waals surface area contributed by atoms with Crippen LogP contribution in [0.5, 0.6) is 0 Å². The third-order valence-corrected chi connectivity index (χ3v) is 7.64. The summed E-state index contributed by atoms with van der Waals surface area (Å²) >= 11 is 0. The standard InChI is InChI=1S/C30H33N3O3/c1-31(2)27(35)18-32(3)30(36)23-16-22-11-7-8-12-24(22)29-28(21-9-5-4-6-10-21)25-14-13-20(19-34)15-26(25)33(29)17-23/h7-8,11-16,19,21H,4-6,9-10,17-18H2,1-3H3. The highest BCUT2D eigenvalue weighted by Crippen LogP contribution is 2.46. The fraction of sp³-hybridized carbons (Fsp3) is 0.367. The summed E-state index contributed by atoms with van der Waals surface area (Å²) in [7, 11) is 5.06. The quantitative estimate of drug-likeness (QED) is 0.474. The van der Waals surface area contributed by atoms with E-state index in [4.69, 9.17) is 0 Å². The minimum Gasteiger partial charge on any atom is -0.347 e. The van der Waals surface area contributed by atoms with Crippen LogP contribution >= 0.6 is 0 Å². The molecule has 2 aliphatic rings. The number of fused-ring (bicyclic) bond motifs is 5. The number of likely N-dealkylation sites (N-methyl/N-ethyl adjacent to an activating group) is 2. The number of nitrogens with zero attached hydrogens (tertiary/aromatic N) is 3. The molecule has 0 spiro atoms. The second-order valence-electron chi connectivity index (χ2n) is 10.3. The summed E-state index contributed by atoms with van der Waals surface area (Å²) in [5.74, 6) is 0.161. The zero-order chi connectivity index (χ0) is 25.4. The topological polar surface area (TPSA) is 62.6 Å². The first kappa shape index (κ1) is 24.0. The number of carbonyl (C=O) groups is 3. The maximum atomic E-state index is 13.6. The number of aldehydes is 1. The van der Waals surface area contributed by atoms with Gasteiger partial charge in [-0.3, -0.25) is 14.4 Å². The highest BCUT2D eigenvalue weighted by molar-refractivity contribution is 6.03. The van der Waals surface area contributed by atoms with Crippen LogP contribution in [0.1, 0.15) is 59.5 Å². The van der Waals surface area contributed by atoms with Crippen molar-refractivity contribution in [2.75, 3.05) is 27.7 Å².